The maximum Gasteiger partial charge on any atom is 0.115 e. The largest absolute Gasteiger partial charge is 0.376 e. The quantitative estimate of drug-likeness (QED) is 0.489. The van der Waals surface area contributed by atoms with Gasteiger partial charge in [-0.2, -0.15) is 0 Å². The van der Waals surface area contributed by atoms with Gasteiger partial charge >= 0.3 is 0 Å². The van der Waals surface area contributed by atoms with Crippen molar-refractivity contribution in [1.29, 1.82) is 0 Å². The van der Waals surface area contributed by atoms with Gasteiger partial charge < -0.3 is 10.0 Å². The Labute approximate surface area is 68.1 Å². The maximum atomic E-state index is 8.60. The highest BCUT2D eigenvalue weighted by Crippen LogP contribution is 1.95. The Hall–Kier alpha value is -1.02. The van der Waals surface area contributed by atoms with E-state index >= 15 is 0 Å². The summed E-state index contributed by atoms with van der Waals surface area (Å²) in [5, 5.41) is 8.60. The summed E-state index contributed by atoms with van der Waals surface area (Å²) in [5.41, 5.74) is 0.924. The predicted octanol–water partition coefficient (Wildman–Crippen LogP) is 1.51. The van der Waals surface area contributed by atoms with Crippen LogP contribution in [0.15, 0.2) is 36.6 Å². The van der Waals surface area contributed by atoms with Crippen LogP contribution in [0.2, 0.25) is 0 Å². The van der Waals surface area contributed by atoms with Crippen LogP contribution in [0.4, 0.5) is 0 Å². The molecule has 2 heteroatoms. The smallest absolute Gasteiger partial charge is 0.115 e. The second-order valence-electron chi connectivity index (χ2n) is 2.29. The van der Waals surface area contributed by atoms with Crippen LogP contribution < -0.4 is 0 Å². The van der Waals surface area contributed by atoms with Crippen LogP contribution in [-0.4, -0.2) is 23.8 Å². The van der Waals surface area contributed by atoms with E-state index in [2.05, 4.69) is 6.58 Å². The van der Waals surface area contributed by atoms with Crippen LogP contribution in [0, 0.1) is 0 Å². The Morgan fingerprint density at radius 2 is 2.18 bits per heavy atom. The molecular formula is C9H15NO. The van der Waals surface area contributed by atoms with Crippen LogP contribution in [-0.2, 0) is 0 Å². The number of allylic oxidation sites excluding steroid dienone is 4. The molecule has 0 amide bonds. The van der Waals surface area contributed by atoms with Gasteiger partial charge in [-0.15, -0.1) is 0 Å². The zero-order chi connectivity index (χ0) is 8.69. The summed E-state index contributed by atoms with van der Waals surface area (Å²) in [4.78, 5) is 1.66. The van der Waals surface area contributed by atoms with Crippen molar-refractivity contribution in [3.8, 4) is 0 Å². The number of aliphatic hydroxyl groups excluding tert-OH is 1. The molecule has 1 N–H and O–H groups in total. The van der Waals surface area contributed by atoms with Gasteiger partial charge in [-0.05, 0) is 18.6 Å². The van der Waals surface area contributed by atoms with Gasteiger partial charge in [-0.3, -0.25) is 0 Å². The average Bonchev–Trinajstić information content (AvgIpc) is 2.01. The van der Waals surface area contributed by atoms with Crippen molar-refractivity contribution in [2.45, 2.75) is 6.92 Å². The van der Waals surface area contributed by atoms with Crippen molar-refractivity contribution in [3.63, 3.8) is 0 Å². The molecule has 11 heavy (non-hydrogen) atoms. The third-order valence-corrected chi connectivity index (χ3v) is 1.15. The predicted molar refractivity (Wildman–Crippen MR) is 47.9 cm³/mol. The lowest BCUT2D eigenvalue weighted by Gasteiger charge is -2.07. The number of rotatable bonds is 4. The maximum absolute atomic E-state index is 8.60. The van der Waals surface area contributed by atoms with Crippen LogP contribution in [0.5, 0.6) is 0 Å². The molecule has 0 saturated carbocycles. The van der Waals surface area contributed by atoms with E-state index in [0.717, 1.165) is 5.57 Å². The third kappa shape index (κ3) is 5.43. The van der Waals surface area contributed by atoms with Crippen LogP contribution in [0.1, 0.15) is 6.92 Å². The van der Waals surface area contributed by atoms with Gasteiger partial charge in [0.25, 0.3) is 0 Å². The highest BCUT2D eigenvalue weighted by atomic mass is 16.3. The number of aliphatic hydroxyl groups is 1. The van der Waals surface area contributed by atoms with E-state index in [1.807, 2.05) is 25.2 Å². The summed E-state index contributed by atoms with van der Waals surface area (Å²) >= 11 is 0. The first-order valence-corrected chi connectivity index (χ1v) is 3.51. The molecule has 0 heterocycles. The van der Waals surface area contributed by atoms with E-state index < -0.39 is 0 Å². The molecule has 0 atom stereocenters. The Morgan fingerprint density at radius 1 is 1.55 bits per heavy atom. The Balaban J connectivity index is 3.82. The van der Waals surface area contributed by atoms with Crippen molar-refractivity contribution in [3.05, 3.63) is 36.6 Å². The molecule has 0 aromatic carbocycles. The molecule has 0 fully saturated rings. The molecule has 2 nitrogen and oxygen atoms in total. The average molecular weight is 153 g/mol. The minimum atomic E-state index is 0.0274. The van der Waals surface area contributed by atoms with Gasteiger partial charge in [0.2, 0.25) is 0 Å². The van der Waals surface area contributed by atoms with Crippen LogP contribution in [0.3, 0.4) is 0 Å². The monoisotopic (exact) mass is 153 g/mol. The summed E-state index contributed by atoms with van der Waals surface area (Å²) in [5.74, 6) is 0. The summed E-state index contributed by atoms with van der Waals surface area (Å²) < 4.78 is 0. The summed E-state index contributed by atoms with van der Waals surface area (Å²) in [6.07, 6.45) is 7.45. The normalized spacial score (nSPS) is 11.2. The molecule has 0 aliphatic rings. The lowest BCUT2D eigenvalue weighted by atomic mass is 10.3. The Kier molecular flexibility index (Phi) is 5.21. The van der Waals surface area contributed by atoms with E-state index in [1.165, 1.54) is 0 Å². The molecular weight excluding hydrogens is 138 g/mol. The fraction of sp³-hybridized carbons (Fsp3) is 0.333. The van der Waals surface area contributed by atoms with Gasteiger partial charge in [0.15, 0.2) is 0 Å². The van der Waals surface area contributed by atoms with E-state index in [4.69, 9.17) is 5.11 Å². The summed E-state index contributed by atoms with van der Waals surface area (Å²) in [6, 6.07) is 0. The first-order chi connectivity index (χ1) is 5.20. The molecule has 0 aliphatic heterocycles. The lowest BCUT2D eigenvalue weighted by Crippen LogP contribution is -2.10. The van der Waals surface area contributed by atoms with Gasteiger partial charge in [0.1, 0.15) is 6.73 Å². The highest BCUT2D eigenvalue weighted by molar-refractivity contribution is 5.26. The first-order valence-electron chi connectivity index (χ1n) is 3.51. The lowest BCUT2D eigenvalue weighted by molar-refractivity contribution is 0.175. The van der Waals surface area contributed by atoms with Gasteiger partial charge in [0, 0.05) is 13.2 Å². The Bertz CT molecular complexity index is 170. The molecule has 0 unspecified atom stereocenters. The summed E-state index contributed by atoms with van der Waals surface area (Å²) in [6.45, 7) is 5.74. The fourth-order valence-corrected chi connectivity index (χ4v) is 0.540. The number of hydrogen-bond acceptors (Lipinski definition) is 2. The van der Waals surface area contributed by atoms with E-state index in [1.54, 1.807) is 18.1 Å². The minimum Gasteiger partial charge on any atom is -0.376 e. The van der Waals surface area contributed by atoms with Crippen molar-refractivity contribution in [1.82, 2.24) is 4.90 Å². The molecule has 0 radical (unpaired) electrons. The SMILES string of the molecule is C=C(/C=C\C)/C=C\N(C)CO. The van der Waals surface area contributed by atoms with Crippen LogP contribution >= 0.6 is 0 Å². The summed E-state index contributed by atoms with van der Waals surface area (Å²) in [7, 11) is 1.79. The molecule has 62 valence electrons. The van der Waals surface area contributed by atoms with Crippen molar-refractivity contribution in [2.75, 3.05) is 13.8 Å². The number of nitrogens with zero attached hydrogens (tertiary/aromatic N) is 1. The number of hydrogen-bond donors (Lipinski definition) is 1. The second kappa shape index (κ2) is 5.74. The van der Waals surface area contributed by atoms with Crippen molar-refractivity contribution in [2.24, 2.45) is 0 Å². The van der Waals surface area contributed by atoms with Crippen LogP contribution in [0.25, 0.3) is 0 Å². The molecule has 0 bridgehead atoms. The minimum absolute atomic E-state index is 0.0274. The zero-order valence-corrected chi connectivity index (χ0v) is 7.12. The zero-order valence-electron chi connectivity index (χ0n) is 7.12. The molecule has 0 aromatic heterocycles. The first kappa shape index (κ1) is 9.98. The fourth-order valence-electron chi connectivity index (χ4n) is 0.540. The standard InChI is InChI=1S/C9H15NO/c1-4-5-9(2)6-7-10(3)8-11/h4-7,11H,2,8H2,1,3H3/b5-4-,7-6-. The highest BCUT2D eigenvalue weighted by Gasteiger charge is 1.83. The molecule has 0 aliphatic carbocycles. The van der Waals surface area contributed by atoms with Gasteiger partial charge in [-0.1, -0.05) is 18.7 Å². The topological polar surface area (TPSA) is 23.5 Å². The van der Waals surface area contributed by atoms with E-state index in [9.17, 15) is 0 Å². The third-order valence-electron chi connectivity index (χ3n) is 1.15. The molecule has 0 rings (SSSR count). The van der Waals surface area contributed by atoms with Gasteiger partial charge in [0.05, 0.1) is 0 Å². The van der Waals surface area contributed by atoms with Crippen molar-refractivity contribution >= 4 is 0 Å². The molecule has 0 saturated heterocycles. The van der Waals surface area contributed by atoms with E-state index in [0.29, 0.717) is 0 Å². The van der Waals surface area contributed by atoms with Crippen molar-refractivity contribution < 1.29 is 5.11 Å². The second-order valence-corrected chi connectivity index (χ2v) is 2.29. The van der Waals surface area contributed by atoms with E-state index in [-0.39, 0.29) is 6.73 Å². The molecule has 0 spiro atoms. The van der Waals surface area contributed by atoms with Gasteiger partial charge in [-0.25, -0.2) is 0 Å². The molecule has 0 aromatic rings. The Morgan fingerprint density at radius 3 is 2.64 bits per heavy atom.